The topological polar surface area (TPSA) is 85.2 Å². The maximum absolute atomic E-state index is 11.4. The van der Waals surface area contributed by atoms with Gasteiger partial charge >= 0.3 is 0 Å². The van der Waals surface area contributed by atoms with Crippen molar-refractivity contribution in [2.45, 2.75) is 13.5 Å². The van der Waals surface area contributed by atoms with Gasteiger partial charge in [0, 0.05) is 13.6 Å². The number of primary amides is 1. The van der Waals surface area contributed by atoms with E-state index in [2.05, 4.69) is 23.4 Å². The number of rotatable bonds is 4. The first-order chi connectivity index (χ1) is 9.00. The van der Waals surface area contributed by atoms with Crippen molar-refractivity contribution in [3.05, 3.63) is 41.0 Å². The van der Waals surface area contributed by atoms with Gasteiger partial charge in [0.2, 0.25) is 0 Å². The monoisotopic (exact) mass is 276 g/mol. The maximum Gasteiger partial charge on any atom is 0.255 e. The van der Waals surface area contributed by atoms with E-state index in [9.17, 15) is 4.79 Å². The summed E-state index contributed by atoms with van der Waals surface area (Å²) in [5.74, 6) is -0.345. The van der Waals surface area contributed by atoms with Crippen LogP contribution >= 0.6 is 11.5 Å². The molecule has 0 aliphatic carbocycles. The molecule has 0 saturated carbocycles. The van der Waals surface area contributed by atoms with E-state index in [4.69, 9.17) is 11.5 Å². The van der Waals surface area contributed by atoms with E-state index >= 15 is 0 Å². The maximum atomic E-state index is 11.4. The standard InChI is InChI=1S/C13H16N4OS/c1-8-5-3-4-6-9(8)7-17(2)13-10(12(15)18)11(14)16-19-13/h3-6H,7H2,1-2H3,(H2,14,16)(H2,15,18). The predicted octanol–water partition coefficient (Wildman–Crippen LogP) is 1.77. The van der Waals surface area contributed by atoms with Crippen molar-refractivity contribution in [2.75, 3.05) is 17.7 Å². The molecule has 0 spiro atoms. The first-order valence-electron chi connectivity index (χ1n) is 5.81. The Morgan fingerprint density at radius 2 is 2.11 bits per heavy atom. The Hall–Kier alpha value is -2.08. The number of amides is 1. The molecule has 1 heterocycles. The summed E-state index contributed by atoms with van der Waals surface area (Å²) in [6.45, 7) is 2.73. The number of carbonyl (C=O) groups excluding carboxylic acids is 1. The summed E-state index contributed by atoms with van der Waals surface area (Å²) in [5, 5.41) is 0.702. The Morgan fingerprint density at radius 3 is 2.74 bits per heavy atom. The Morgan fingerprint density at radius 1 is 1.42 bits per heavy atom. The fourth-order valence-corrected chi connectivity index (χ4v) is 2.68. The molecule has 1 aromatic heterocycles. The predicted molar refractivity (Wildman–Crippen MR) is 78.3 cm³/mol. The Bertz CT molecular complexity index is 608. The van der Waals surface area contributed by atoms with Gasteiger partial charge in [-0.05, 0) is 29.6 Å². The molecule has 2 rings (SSSR count). The van der Waals surface area contributed by atoms with Gasteiger partial charge in [-0.15, -0.1) is 0 Å². The Labute approximate surface area is 116 Å². The molecule has 0 unspecified atom stereocenters. The molecule has 1 aromatic carbocycles. The largest absolute Gasteiger partial charge is 0.382 e. The molecule has 4 N–H and O–H groups in total. The third-order valence-corrected chi connectivity index (χ3v) is 3.94. The lowest BCUT2D eigenvalue weighted by Gasteiger charge is -2.19. The average molecular weight is 276 g/mol. The van der Waals surface area contributed by atoms with Crippen LogP contribution in [-0.2, 0) is 6.54 Å². The summed E-state index contributed by atoms with van der Waals surface area (Å²) in [6, 6.07) is 8.10. The van der Waals surface area contributed by atoms with Crippen LogP contribution in [0.2, 0.25) is 0 Å². The quantitative estimate of drug-likeness (QED) is 0.891. The number of nitrogen functional groups attached to an aromatic ring is 1. The molecule has 19 heavy (non-hydrogen) atoms. The van der Waals surface area contributed by atoms with Crippen molar-refractivity contribution in [3.8, 4) is 0 Å². The Kier molecular flexibility index (Phi) is 3.71. The number of hydrogen-bond donors (Lipinski definition) is 2. The van der Waals surface area contributed by atoms with Gasteiger partial charge in [0.1, 0.15) is 10.6 Å². The van der Waals surface area contributed by atoms with E-state index in [1.807, 2.05) is 24.1 Å². The van der Waals surface area contributed by atoms with Crippen molar-refractivity contribution < 1.29 is 4.79 Å². The van der Waals surface area contributed by atoms with Crippen LogP contribution in [-0.4, -0.2) is 17.3 Å². The molecule has 5 nitrogen and oxygen atoms in total. The van der Waals surface area contributed by atoms with Gasteiger partial charge in [0.25, 0.3) is 5.91 Å². The minimum atomic E-state index is -0.544. The van der Waals surface area contributed by atoms with Crippen molar-refractivity contribution in [1.82, 2.24) is 4.37 Å². The molecule has 1 amide bonds. The van der Waals surface area contributed by atoms with Crippen LogP contribution in [0.1, 0.15) is 21.5 Å². The summed E-state index contributed by atoms with van der Waals surface area (Å²) >= 11 is 1.19. The zero-order valence-electron chi connectivity index (χ0n) is 10.9. The van der Waals surface area contributed by atoms with E-state index < -0.39 is 5.91 Å². The lowest BCUT2D eigenvalue weighted by Crippen LogP contribution is -2.21. The van der Waals surface area contributed by atoms with E-state index in [1.54, 1.807) is 0 Å². The van der Waals surface area contributed by atoms with Gasteiger partial charge in [-0.25, -0.2) is 0 Å². The van der Waals surface area contributed by atoms with Crippen LogP contribution in [0.25, 0.3) is 0 Å². The summed E-state index contributed by atoms with van der Waals surface area (Å²) in [6.07, 6.45) is 0. The van der Waals surface area contributed by atoms with Crippen molar-refractivity contribution in [1.29, 1.82) is 0 Å². The Balaban J connectivity index is 2.28. The second kappa shape index (κ2) is 5.27. The first-order valence-corrected chi connectivity index (χ1v) is 6.58. The van der Waals surface area contributed by atoms with E-state index in [0.29, 0.717) is 17.1 Å². The highest BCUT2D eigenvalue weighted by molar-refractivity contribution is 7.11. The molecule has 2 aromatic rings. The SMILES string of the molecule is Cc1ccccc1CN(C)c1snc(N)c1C(N)=O. The van der Waals surface area contributed by atoms with E-state index in [-0.39, 0.29) is 5.82 Å². The number of nitrogens with two attached hydrogens (primary N) is 2. The minimum Gasteiger partial charge on any atom is -0.382 e. The highest BCUT2D eigenvalue weighted by Crippen LogP contribution is 2.30. The summed E-state index contributed by atoms with van der Waals surface area (Å²) in [5.41, 5.74) is 13.7. The molecular formula is C13H16N4OS. The second-order valence-electron chi connectivity index (χ2n) is 4.39. The van der Waals surface area contributed by atoms with Crippen molar-refractivity contribution in [2.24, 2.45) is 5.73 Å². The number of aromatic nitrogens is 1. The molecule has 6 heteroatoms. The molecule has 0 atom stereocenters. The zero-order valence-corrected chi connectivity index (χ0v) is 11.7. The third-order valence-electron chi connectivity index (χ3n) is 2.96. The number of nitrogens with zero attached hydrogens (tertiary/aromatic N) is 2. The zero-order chi connectivity index (χ0) is 14.0. The van der Waals surface area contributed by atoms with Gasteiger partial charge in [0.15, 0.2) is 5.82 Å². The van der Waals surface area contributed by atoms with Gasteiger partial charge in [-0.3, -0.25) is 4.79 Å². The van der Waals surface area contributed by atoms with Crippen LogP contribution in [0.4, 0.5) is 10.8 Å². The fourth-order valence-electron chi connectivity index (χ4n) is 1.90. The normalized spacial score (nSPS) is 10.4. The van der Waals surface area contributed by atoms with Crippen LogP contribution < -0.4 is 16.4 Å². The van der Waals surface area contributed by atoms with E-state index in [0.717, 1.165) is 0 Å². The van der Waals surface area contributed by atoms with Crippen LogP contribution in [0.5, 0.6) is 0 Å². The molecule has 0 fully saturated rings. The smallest absolute Gasteiger partial charge is 0.255 e. The number of benzene rings is 1. The molecule has 0 radical (unpaired) electrons. The average Bonchev–Trinajstić information content (AvgIpc) is 2.74. The highest BCUT2D eigenvalue weighted by atomic mass is 32.1. The van der Waals surface area contributed by atoms with E-state index in [1.165, 1.54) is 22.7 Å². The fraction of sp³-hybridized carbons (Fsp3) is 0.231. The van der Waals surface area contributed by atoms with Gasteiger partial charge in [-0.2, -0.15) is 4.37 Å². The number of carbonyl (C=O) groups is 1. The van der Waals surface area contributed by atoms with Gasteiger partial charge in [0.05, 0.1) is 0 Å². The third kappa shape index (κ3) is 2.68. The van der Waals surface area contributed by atoms with Crippen LogP contribution in [0.3, 0.4) is 0 Å². The lowest BCUT2D eigenvalue weighted by molar-refractivity contribution is 0.100. The van der Waals surface area contributed by atoms with Crippen LogP contribution in [0, 0.1) is 6.92 Å². The molecule has 100 valence electrons. The lowest BCUT2D eigenvalue weighted by atomic mass is 10.1. The molecule has 0 saturated heterocycles. The molecule has 0 bridgehead atoms. The van der Waals surface area contributed by atoms with Crippen molar-refractivity contribution in [3.63, 3.8) is 0 Å². The van der Waals surface area contributed by atoms with Crippen molar-refractivity contribution >= 4 is 28.3 Å². The number of anilines is 2. The second-order valence-corrected chi connectivity index (χ2v) is 5.15. The minimum absolute atomic E-state index is 0.198. The summed E-state index contributed by atoms with van der Waals surface area (Å²) in [7, 11) is 1.89. The summed E-state index contributed by atoms with van der Waals surface area (Å²) < 4.78 is 4.00. The molecular weight excluding hydrogens is 260 g/mol. The van der Waals surface area contributed by atoms with Gasteiger partial charge < -0.3 is 16.4 Å². The van der Waals surface area contributed by atoms with Gasteiger partial charge in [-0.1, -0.05) is 24.3 Å². The number of hydrogen-bond acceptors (Lipinski definition) is 5. The highest BCUT2D eigenvalue weighted by Gasteiger charge is 2.20. The molecule has 0 aliphatic rings. The van der Waals surface area contributed by atoms with Crippen LogP contribution in [0.15, 0.2) is 24.3 Å². The first kappa shape index (κ1) is 13.4. The summed E-state index contributed by atoms with van der Waals surface area (Å²) in [4.78, 5) is 13.4. The molecule has 0 aliphatic heterocycles. The number of aryl methyl sites for hydroxylation is 1.